The number of esters is 1. The van der Waals surface area contributed by atoms with Gasteiger partial charge in [0.25, 0.3) is 0 Å². The summed E-state index contributed by atoms with van der Waals surface area (Å²) in [6, 6.07) is 5.82. The zero-order valence-corrected chi connectivity index (χ0v) is 20.0. The number of ether oxygens (including phenoxy) is 1. The summed E-state index contributed by atoms with van der Waals surface area (Å²) in [4.78, 5) is 17.6. The standard InChI is InChI=1S/C25H32Cl2N2O2/c1-16-4-3-7-25(2)14-23-18(13-20(16)25)19(24(30)31-23)15-28-8-10-29(11-9-28)17-5-6-21(26)22(27)12-17/h5-6,12-13,16,18-19,23H,3-4,7-11,14-15H2,1-2H3/t16-,18+,19?,23+,25+/m0/s1. The molecule has 4 nitrogen and oxygen atoms in total. The molecule has 0 radical (unpaired) electrons. The van der Waals surface area contributed by atoms with Crippen LogP contribution in [0.2, 0.25) is 10.0 Å². The molecule has 1 unspecified atom stereocenters. The summed E-state index contributed by atoms with van der Waals surface area (Å²) in [5.74, 6) is 0.844. The van der Waals surface area contributed by atoms with E-state index in [1.54, 1.807) is 5.57 Å². The molecule has 2 saturated heterocycles. The summed E-state index contributed by atoms with van der Waals surface area (Å²) < 4.78 is 5.94. The van der Waals surface area contributed by atoms with Gasteiger partial charge in [0, 0.05) is 44.3 Å². The van der Waals surface area contributed by atoms with Crippen molar-refractivity contribution in [1.29, 1.82) is 0 Å². The number of allylic oxidation sites excluding steroid dienone is 1. The van der Waals surface area contributed by atoms with Crippen molar-refractivity contribution in [1.82, 2.24) is 4.90 Å². The van der Waals surface area contributed by atoms with Crippen molar-refractivity contribution in [3.05, 3.63) is 39.9 Å². The van der Waals surface area contributed by atoms with E-state index < -0.39 is 0 Å². The number of carbonyl (C=O) groups excluding carboxylic acids is 1. The highest BCUT2D eigenvalue weighted by atomic mass is 35.5. The molecule has 0 spiro atoms. The van der Waals surface area contributed by atoms with E-state index in [1.807, 2.05) is 18.2 Å². The van der Waals surface area contributed by atoms with Crippen LogP contribution in [0, 0.1) is 23.2 Å². The molecule has 31 heavy (non-hydrogen) atoms. The van der Waals surface area contributed by atoms with Crippen molar-refractivity contribution in [2.75, 3.05) is 37.6 Å². The monoisotopic (exact) mass is 462 g/mol. The van der Waals surface area contributed by atoms with Gasteiger partial charge in [0.15, 0.2) is 0 Å². The molecule has 0 N–H and O–H groups in total. The Balaban J connectivity index is 1.25. The Morgan fingerprint density at radius 2 is 1.94 bits per heavy atom. The normalized spacial score (nSPS) is 35.9. The van der Waals surface area contributed by atoms with Crippen LogP contribution in [-0.4, -0.2) is 49.7 Å². The molecule has 5 atom stereocenters. The Morgan fingerprint density at radius 1 is 1.16 bits per heavy atom. The topological polar surface area (TPSA) is 32.8 Å². The zero-order valence-electron chi connectivity index (χ0n) is 18.4. The van der Waals surface area contributed by atoms with Gasteiger partial charge in [-0.1, -0.05) is 55.1 Å². The number of piperazine rings is 1. The number of benzene rings is 1. The van der Waals surface area contributed by atoms with Gasteiger partial charge in [0.05, 0.1) is 16.0 Å². The van der Waals surface area contributed by atoms with Gasteiger partial charge in [0.2, 0.25) is 0 Å². The number of nitrogens with zero attached hydrogens (tertiary/aromatic N) is 2. The van der Waals surface area contributed by atoms with E-state index in [2.05, 4.69) is 29.7 Å². The first-order valence-electron chi connectivity index (χ1n) is 11.7. The summed E-state index contributed by atoms with van der Waals surface area (Å²) in [6.45, 7) is 9.25. The zero-order chi connectivity index (χ0) is 21.8. The lowest BCUT2D eigenvalue weighted by Crippen LogP contribution is -2.49. The fourth-order valence-corrected chi connectivity index (χ4v) is 6.70. The molecule has 2 aliphatic carbocycles. The molecule has 1 aromatic carbocycles. The summed E-state index contributed by atoms with van der Waals surface area (Å²) >= 11 is 12.3. The van der Waals surface area contributed by atoms with Gasteiger partial charge in [0.1, 0.15) is 6.10 Å². The Labute approximate surface area is 195 Å². The molecule has 6 heteroatoms. The van der Waals surface area contributed by atoms with E-state index in [0.717, 1.165) is 44.8 Å². The van der Waals surface area contributed by atoms with Gasteiger partial charge in [-0.25, -0.2) is 0 Å². The maximum atomic E-state index is 12.8. The van der Waals surface area contributed by atoms with Crippen molar-refractivity contribution < 1.29 is 9.53 Å². The second-order valence-electron chi connectivity index (χ2n) is 10.2. The van der Waals surface area contributed by atoms with Crippen LogP contribution in [-0.2, 0) is 9.53 Å². The number of halogens is 2. The third-order valence-corrected chi connectivity index (χ3v) is 8.92. The van der Waals surface area contributed by atoms with Crippen LogP contribution < -0.4 is 4.90 Å². The highest BCUT2D eigenvalue weighted by Crippen LogP contribution is 2.54. The van der Waals surface area contributed by atoms with Crippen molar-refractivity contribution >= 4 is 34.9 Å². The Hall–Kier alpha value is -1.23. The van der Waals surface area contributed by atoms with E-state index in [1.165, 1.54) is 19.3 Å². The van der Waals surface area contributed by atoms with Crippen molar-refractivity contribution in [2.45, 2.75) is 45.6 Å². The van der Waals surface area contributed by atoms with Gasteiger partial charge in [-0.3, -0.25) is 9.69 Å². The maximum Gasteiger partial charge on any atom is 0.311 e. The number of rotatable bonds is 3. The molecular weight excluding hydrogens is 431 g/mol. The van der Waals surface area contributed by atoms with Crippen molar-refractivity contribution in [3.63, 3.8) is 0 Å². The van der Waals surface area contributed by atoms with Crippen LogP contribution in [0.3, 0.4) is 0 Å². The molecule has 1 aromatic rings. The highest BCUT2D eigenvalue weighted by Gasteiger charge is 2.52. The van der Waals surface area contributed by atoms with Crippen molar-refractivity contribution in [2.24, 2.45) is 23.2 Å². The maximum absolute atomic E-state index is 12.8. The smallest absolute Gasteiger partial charge is 0.311 e. The van der Waals surface area contributed by atoms with Gasteiger partial charge < -0.3 is 9.64 Å². The molecule has 0 amide bonds. The molecule has 5 rings (SSSR count). The van der Waals surface area contributed by atoms with E-state index >= 15 is 0 Å². The first-order chi connectivity index (χ1) is 14.8. The van der Waals surface area contributed by atoms with Gasteiger partial charge >= 0.3 is 5.97 Å². The van der Waals surface area contributed by atoms with Crippen molar-refractivity contribution in [3.8, 4) is 0 Å². The summed E-state index contributed by atoms with van der Waals surface area (Å²) in [5, 5.41) is 1.18. The van der Waals surface area contributed by atoms with Crippen LogP contribution in [0.25, 0.3) is 0 Å². The number of hydrogen-bond donors (Lipinski definition) is 0. The van der Waals surface area contributed by atoms with E-state index in [9.17, 15) is 4.79 Å². The lowest BCUT2D eigenvalue weighted by atomic mass is 9.59. The number of fused-ring (bicyclic) bond motifs is 2. The van der Waals surface area contributed by atoms with Crippen LogP contribution in [0.5, 0.6) is 0 Å². The lowest BCUT2D eigenvalue weighted by molar-refractivity contribution is -0.145. The average molecular weight is 463 g/mol. The first-order valence-corrected chi connectivity index (χ1v) is 12.4. The molecule has 2 heterocycles. The number of hydrogen-bond acceptors (Lipinski definition) is 4. The fraction of sp³-hybridized carbons (Fsp3) is 0.640. The van der Waals surface area contributed by atoms with E-state index in [-0.39, 0.29) is 29.3 Å². The molecule has 3 fully saturated rings. The molecule has 2 aliphatic heterocycles. The summed E-state index contributed by atoms with van der Waals surface area (Å²) in [5.41, 5.74) is 2.92. The quantitative estimate of drug-likeness (QED) is 0.442. The molecule has 168 valence electrons. The number of anilines is 1. The predicted molar refractivity (Wildman–Crippen MR) is 126 cm³/mol. The third kappa shape index (κ3) is 4.00. The predicted octanol–water partition coefficient (Wildman–Crippen LogP) is 5.43. The summed E-state index contributed by atoms with van der Waals surface area (Å²) in [7, 11) is 0. The van der Waals surface area contributed by atoms with Crippen LogP contribution in [0.15, 0.2) is 29.8 Å². The Morgan fingerprint density at radius 3 is 2.68 bits per heavy atom. The molecule has 1 saturated carbocycles. The van der Waals surface area contributed by atoms with Gasteiger partial charge in [-0.05, 0) is 48.8 Å². The minimum Gasteiger partial charge on any atom is -0.461 e. The fourth-order valence-electron chi connectivity index (χ4n) is 6.41. The highest BCUT2D eigenvalue weighted by molar-refractivity contribution is 6.42. The average Bonchev–Trinajstić information content (AvgIpc) is 3.03. The van der Waals surface area contributed by atoms with E-state index in [4.69, 9.17) is 27.9 Å². The Bertz CT molecular complexity index is 896. The molecular formula is C25H32Cl2N2O2. The molecule has 4 aliphatic rings. The summed E-state index contributed by atoms with van der Waals surface area (Å²) in [6.07, 6.45) is 7.31. The lowest BCUT2D eigenvalue weighted by Gasteiger charge is -2.46. The number of carbonyl (C=O) groups is 1. The SMILES string of the molecule is C[C@H]1CCC[C@]2(C)C[C@H]3OC(=O)C(CN4CCN(c5ccc(Cl)c(Cl)c5)CC4)[C@H]3C=C12. The van der Waals surface area contributed by atoms with E-state index in [0.29, 0.717) is 16.0 Å². The second kappa shape index (κ2) is 8.28. The largest absolute Gasteiger partial charge is 0.461 e. The van der Waals surface area contributed by atoms with Crippen LogP contribution in [0.1, 0.15) is 39.5 Å². The first kappa shape index (κ1) is 21.6. The molecule has 0 aromatic heterocycles. The minimum atomic E-state index is -0.0345. The third-order valence-electron chi connectivity index (χ3n) is 8.18. The van der Waals surface area contributed by atoms with Crippen LogP contribution >= 0.6 is 23.2 Å². The second-order valence-corrected chi connectivity index (χ2v) is 11.0. The Kier molecular flexibility index (Phi) is 5.77. The van der Waals surface area contributed by atoms with Crippen LogP contribution in [0.4, 0.5) is 5.69 Å². The van der Waals surface area contributed by atoms with Gasteiger partial charge in [-0.15, -0.1) is 0 Å². The minimum absolute atomic E-state index is 0.00802. The molecule has 0 bridgehead atoms. The van der Waals surface area contributed by atoms with Gasteiger partial charge in [-0.2, -0.15) is 0 Å².